The molecule has 0 amide bonds. The normalized spacial score (nSPS) is 13.5. The number of alkyl halides is 3. The molecule has 0 fully saturated rings. The van der Waals surface area contributed by atoms with Crippen molar-refractivity contribution in [3.63, 3.8) is 0 Å². The van der Waals surface area contributed by atoms with Crippen LogP contribution in [0.5, 0.6) is 0 Å². The quantitative estimate of drug-likeness (QED) is 0.865. The molecule has 1 N–H and O–H groups in total. The summed E-state index contributed by atoms with van der Waals surface area (Å²) in [5.41, 5.74) is -1.78. The van der Waals surface area contributed by atoms with Gasteiger partial charge >= 0.3 is 6.18 Å². The van der Waals surface area contributed by atoms with Crippen molar-refractivity contribution in [1.82, 2.24) is 0 Å². The number of furan rings is 1. The first kappa shape index (κ1) is 13.6. The first-order chi connectivity index (χ1) is 8.89. The number of rotatable bonds is 3. The van der Waals surface area contributed by atoms with Crippen LogP contribution in [0, 0.1) is 5.82 Å². The summed E-state index contributed by atoms with van der Waals surface area (Å²) in [5, 5.41) is 9.80. The van der Waals surface area contributed by atoms with Crippen molar-refractivity contribution in [2.24, 2.45) is 0 Å². The predicted molar refractivity (Wildman–Crippen MR) is 58.8 cm³/mol. The third-order valence-corrected chi connectivity index (χ3v) is 2.67. The largest absolute Gasteiger partial charge is 0.469 e. The molecule has 0 aliphatic rings. The van der Waals surface area contributed by atoms with Crippen LogP contribution in [0.2, 0.25) is 0 Å². The van der Waals surface area contributed by atoms with Crippen molar-refractivity contribution in [2.45, 2.75) is 18.7 Å². The molecule has 6 heteroatoms. The van der Waals surface area contributed by atoms with E-state index in [4.69, 9.17) is 4.42 Å². The lowest BCUT2D eigenvalue weighted by atomic mass is 10.0. The van der Waals surface area contributed by atoms with Crippen LogP contribution in [0.4, 0.5) is 17.6 Å². The zero-order valence-corrected chi connectivity index (χ0v) is 9.62. The third kappa shape index (κ3) is 2.96. The van der Waals surface area contributed by atoms with Crippen molar-refractivity contribution < 1.29 is 27.1 Å². The fourth-order valence-electron chi connectivity index (χ4n) is 1.76. The zero-order valence-electron chi connectivity index (χ0n) is 9.62. The maximum Gasteiger partial charge on any atom is 0.419 e. The van der Waals surface area contributed by atoms with Gasteiger partial charge in [0.05, 0.1) is 17.9 Å². The van der Waals surface area contributed by atoms with Crippen molar-refractivity contribution >= 4 is 0 Å². The molecule has 1 heterocycles. The molecule has 0 aliphatic carbocycles. The average molecular weight is 274 g/mol. The van der Waals surface area contributed by atoms with Crippen LogP contribution in [0.3, 0.4) is 0 Å². The van der Waals surface area contributed by atoms with Gasteiger partial charge in [0.1, 0.15) is 11.6 Å². The molecule has 102 valence electrons. The summed E-state index contributed by atoms with van der Waals surface area (Å²) in [6, 6.07) is 5.95. The highest BCUT2D eigenvalue weighted by molar-refractivity contribution is 5.30. The lowest BCUT2D eigenvalue weighted by Gasteiger charge is -2.14. The summed E-state index contributed by atoms with van der Waals surface area (Å²) in [7, 11) is 0. The number of hydrogen-bond acceptors (Lipinski definition) is 2. The summed E-state index contributed by atoms with van der Waals surface area (Å²) < 4.78 is 56.3. The fourth-order valence-corrected chi connectivity index (χ4v) is 1.76. The van der Waals surface area contributed by atoms with Gasteiger partial charge in [-0.2, -0.15) is 13.2 Å². The zero-order chi connectivity index (χ0) is 14.0. The predicted octanol–water partition coefficient (Wildman–Crippen LogP) is 3.71. The molecule has 0 spiro atoms. The second kappa shape index (κ2) is 5.05. The molecular weight excluding hydrogens is 264 g/mol. The van der Waals surface area contributed by atoms with E-state index in [2.05, 4.69) is 0 Å². The Hall–Kier alpha value is -1.82. The second-order valence-electron chi connectivity index (χ2n) is 4.01. The third-order valence-electron chi connectivity index (χ3n) is 2.67. The van der Waals surface area contributed by atoms with E-state index < -0.39 is 29.2 Å². The van der Waals surface area contributed by atoms with Crippen LogP contribution in [0.15, 0.2) is 41.0 Å². The van der Waals surface area contributed by atoms with Gasteiger partial charge in [0, 0.05) is 12.0 Å². The molecule has 2 rings (SSSR count). The average Bonchev–Trinajstić information content (AvgIpc) is 2.80. The van der Waals surface area contributed by atoms with Crippen molar-refractivity contribution in [2.75, 3.05) is 0 Å². The molecule has 2 nitrogen and oxygen atoms in total. The summed E-state index contributed by atoms with van der Waals surface area (Å²) in [6.45, 7) is 0. The van der Waals surface area contributed by atoms with Crippen LogP contribution < -0.4 is 0 Å². The standard InChI is InChI=1S/C13H10F4O2/c14-12-9(4-1-5-10(12)13(15,16)17)11(18)7-8-3-2-6-19-8/h1-6,11,18H,7H2. The summed E-state index contributed by atoms with van der Waals surface area (Å²) in [5.74, 6) is -1.08. The molecule has 1 unspecified atom stereocenters. The van der Waals surface area contributed by atoms with Gasteiger partial charge in [-0.15, -0.1) is 0 Å². The van der Waals surface area contributed by atoms with Crippen molar-refractivity contribution in [1.29, 1.82) is 0 Å². The van der Waals surface area contributed by atoms with E-state index in [0.717, 1.165) is 12.1 Å². The van der Waals surface area contributed by atoms with Crippen LogP contribution >= 0.6 is 0 Å². The van der Waals surface area contributed by atoms with Gasteiger partial charge in [-0.05, 0) is 18.2 Å². The van der Waals surface area contributed by atoms with E-state index >= 15 is 0 Å². The fraction of sp³-hybridized carbons (Fsp3) is 0.231. The monoisotopic (exact) mass is 274 g/mol. The lowest BCUT2D eigenvalue weighted by molar-refractivity contribution is -0.140. The topological polar surface area (TPSA) is 33.4 Å². The van der Waals surface area contributed by atoms with Gasteiger partial charge in [0.25, 0.3) is 0 Å². The van der Waals surface area contributed by atoms with E-state index in [1.54, 1.807) is 12.1 Å². The Kier molecular flexibility index (Phi) is 3.61. The second-order valence-corrected chi connectivity index (χ2v) is 4.01. The number of benzene rings is 1. The minimum Gasteiger partial charge on any atom is -0.469 e. The van der Waals surface area contributed by atoms with Crippen LogP contribution in [0.1, 0.15) is 23.0 Å². The number of hydrogen-bond donors (Lipinski definition) is 1. The molecule has 0 radical (unpaired) electrons. The van der Waals surface area contributed by atoms with E-state index in [-0.39, 0.29) is 6.42 Å². The van der Waals surface area contributed by atoms with E-state index in [1.807, 2.05) is 0 Å². The van der Waals surface area contributed by atoms with E-state index in [9.17, 15) is 22.7 Å². The summed E-state index contributed by atoms with van der Waals surface area (Å²) >= 11 is 0. The van der Waals surface area contributed by atoms with E-state index in [1.165, 1.54) is 6.26 Å². The smallest absolute Gasteiger partial charge is 0.419 e. The number of aliphatic hydroxyl groups is 1. The van der Waals surface area contributed by atoms with Gasteiger partial charge in [0.15, 0.2) is 0 Å². The van der Waals surface area contributed by atoms with Gasteiger partial charge in [-0.3, -0.25) is 0 Å². The van der Waals surface area contributed by atoms with Gasteiger partial charge < -0.3 is 9.52 Å². The lowest BCUT2D eigenvalue weighted by Crippen LogP contribution is -2.12. The molecule has 0 saturated carbocycles. The molecule has 0 bridgehead atoms. The maximum atomic E-state index is 13.7. The van der Waals surface area contributed by atoms with Gasteiger partial charge in [0.2, 0.25) is 0 Å². The molecule has 0 aliphatic heterocycles. The Morgan fingerprint density at radius 1 is 1.16 bits per heavy atom. The van der Waals surface area contributed by atoms with Crippen LogP contribution in [-0.2, 0) is 12.6 Å². The van der Waals surface area contributed by atoms with Crippen molar-refractivity contribution in [3.8, 4) is 0 Å². The first-order valence-corrected chi connectivity index (χ1v) is 5.45. The van der Waals surface area contributed by atoms with Gasteiger partial charge in [-0.25, -0.2) is 4.39 Å². The summed E-state index contributed by atoms with van der Waals surface area (Å²) in [4.78, 5) is 0. The Morgan fingerprint density at radius 3 is 2.47 bits per heavy atom. The molecular formula is C13H10F4O2. The Bertz CT molecular complexity index is 546. The SMILES string of the molecule is OC(Cc1ccco1)c1cccc(C(F)(F)F)c1F. The Balaban J connectivity index is 2.30. The highest BCUT2D eigenvalue weighted by Crippen LogP contribution is 2.34. The first-order valence-electron chi connectivity index (χ1n) is 5.45. The highest BCUT2D eigenvalue weighted by atomic mass is 19.4. The van der Waals surface area contributed by atoms with Crippen molar-refractivity contribution in [3.05, 3.63) is 59.3 Å². The highest BCUT2D eigenvalue weighted by Gasteiger charge is 2.35. The van der Waals surface area contributed by atoms with Crippen LogP contribution in [-0.4, -0.2) is 5.11 Å². The number of aliphatic hydroxyl groups excluding tert-OH is 1. The Labute approximate surface area is 106 Å². The molecule has 0 saturated heterocycles. The number of halogens is 4. The van der Waals surface area contributed by atoms with E-state index in [0.29, 0.717) is 11.8 Å². The Morgan fingerprint density at radius 2 is 1.89 bits per heavy atom. The minimum atomic E-state index is -4.79. The molecule has 1 aromatic carbocycles. The molecule has 19 heavy (non-hydrogen) atoms. The molecule has 1 atom stereocenters. The maximum absolute atomic E-state index is 13.7. The van der Waals surface area contributed by atoms with Crippen LogP contribution in [0.25, 0.3) is 0 Å². The summed E-state index contributed by atoms with van der Waals surface area (Å²) in [6.07, 6.45) is -4.91. The molecule has 2 aromatic rings. The molecule has 1 aromatic heterocycles. The minimum absolute atomic E-state index is 0.0920. The van der Waals surface area contributed by atoms with Gasteiger partial charge in [-0.1, -0.05) is 12.1 Å².